The smallest absolute Gasteiger partial charge is 0.234 e. The van der Waals surface area contributed by atoms with Gasteiger partial charge in [0, 0.05) is 38.8 Å². The molecule has 2 aliphatic heterocycles. The molecule has 20 heavy (non-hydrogen) atoms. The van der Waals surface area contributed by atoms with E-state index in [0.29, 0.717) is 39.4 Å². The molecule has 0 aromatic rings. The molecule has 2 amide bonds. The maximum atomic E-state index is 12.3. The van der Waals surface area contributed by atoms with Gasteiger partial charge in [0.1, 0.15) is 0 Å². The van der Waals surface area contributed by atoms with E-state index in [4.69, 9.17) is 10.5 Å². The standard InChI is InChI=1S/C13H24N4O3/c1-2-15-12(18)7-16-3-5-17(6-4-16)13(19)10-8-20-9-11(10)14/h10-11H,2-9,14H2,1H3,(H,15,18). The lowest BCUT2D eigenvalue weighted by Gasteiger charge is -2.35. The van der Waals surface area contributed by atoms with Crippen molar-refractivity contribution in [1.29, 1.82) is 0 Å². The summed E-state index contributed by atoms with van der Waals surface area (Å²) >= 11 is 0. The van der Waals surface area contributed by atoms with Crippen LogP contribution in [0, 0.1) is 5.92 Å². The van der Waals surface area contributed by atoms with Gasteiger partial charge in [-0.3, -0.25) is 14.5 Å². The van der Waals surface area contributed by atoms with E-state index in [1.54, 1.807) is 0 Å². The highest BCUT2D eigenvalue weighted by atomic mass is 16.5. The van der Waals surface area contributed by atoms with Crippen molar-refractivity contribution in [3.05, 3.63) is 0 Å². The molecule has 2 rings (SSSR count). The Labute approximate surface area is 119 Å². The monoisotopic (exact) mass is 284 g/mol. The van der Waals surface area contributed by atoms with Gasteiger partial charge < -0.3 is 20.7 Å². The lowest BCUT2D eigenvalue weighted by atomic mass is 10.0. The van der Waals surface area contributed by atoms with Crippen LogP contribution in [0.1, 0.15) is 6.92 Å². The van der Waals surface area contributed by atoms with Gasteiger partial charge >= 0.3 is 0 Å². The number of ether oxygens (including phenoxy) is 1. The molecule has 0 saturated carbocycles. The number of rotatable bonds is 4. The first-order valence-electron chi connectivity index (χ1n) is 7.23. The molecule has 0 aromatic carbocycles. The lowest BCUT2D eigenvalue weighted by Crippen LogP contribution is -2.54. The molecule has 0 radical (unpaired) electrons. The average molecular weight is 284 g/mol. The fraction of sp³-hybridized carbons (Fsp3) is 0.846. The van der Waals surface area contributed by atoms with Gasteiger partial charge in [0.05, 0.1) is 25.7 Å². The first kappa shape index (κ1) is 15.2. The first-order chi connectivity index (χ1) is 9.61. The Morgan fingerprint density at radius 2 is 1.95 bits per heavy atom. The number of nitrogens with one attached hydrogen (secondary N) is 1. The summed E-state index contributed by atoms with van der Waals surface area (Å²) in [6.45, 7) is 6.62. The van der Waals surface area contributed by atoms with Crippen LogP contribution >= 0.6 is 0 Å². The van der Waals surface area contributed by atoms with E-state index in [1.807, 2.05) is 11.8 Å². The predicted octanol–water partition coefficient (Wildman–Crippen LogP) is -1.76. The third-order valence-corrected chi connectivity index (χ3v) is 3.87. The molecular weight excluding hydrogens is 260 g/mol. The summed E-state index contributed by atoms with van der Waals surface area (Å²) < 4.78 is 5.25. The number of piperazine rings is 1. The molecule has 0 aromatic heterocycles. The van der Waals surface area contributed by atoms with Crippen molar-refractivity contribution >= 4 is 11.8 Å². The van der Waals surface area contributed by atoms with Crippen LogP contribution in [-0.4, -0.2) is 80.1 Å². The molecule has 2 saturated heterocycles. The zero-order valence-corrected chi connectivity index (χ0v) is 12.0. The Balaban J connectivity index is 1.76. The minimum absolute atomic E-state index is 0.0403. The van der Waals surface area contributed by atoms with E-state index < -0.39 is 0 Å². The number of carbonyl (C=O) groups is 2. The highest BCUT2D eigenvalue weighted by Gasteiger charge is 2.35. The van der Waals surface area contributed by atoms with Gasteiger partial charge in [0.25, 0.3) is 0 Å². The van der Waals surface area contributed by atoms with E-state index >= 15 is 0 Å². The Hall–Kier alpha value is -1.18. The Bertz CT molecular complexity index is 356. The normalized spacial score (nSPS) is 27.6. The minimum atomic E-state index is -0.204. The van der Waals surface area contributed by atoms with Crippen molar-refractivity contribution in [1.82, 2.24) is 15.1 Å². The van der Waals surface area contributed by atoms with Gasteiger partial charge in [-0.15, -0.1) is 0 Å². The van der Waals surface area contributed by atoms with Crippen LogP contribution in [0.25, 0.3) is 0 Å². The van der Waals surface area contributed by atoms with E-state index in [0.717, 1.165) is 13.1 Å². The van der Waals surface area contributed by atoms with Crippen molar-refractivity contribution in [2.45, 2.75) is 13.0 Å². The van der Waals surface area contributed by atoms with Gasteiger partial charge in [0.15, 0.2) is 0 Å². The van der Waals surface area contributed by atoms with Gasteiger partial charge in [-0.25, -0.2) is 0 Å². The largest absolute Gasteiger partial charge is 0.379 e. The van der Waals surface area contributed by atoms with Crippen LogP contribution in [0.15, 0.2) is 0 Å². The molecule has 2 atom stereocenters. The fourth-order valence-corrected chi connectivity index (χ4v) is 2.64. The van der Waals surface area contributed by atoms with Crippen LogP contribution in [0.4, 0.5) is 0 Å². The van der Waals surface area contributed by atoms with Crippen LogP contribution in [-0.2, 0) is 14.3 Å². The second-order valence-corrected chi connectivity index (χ2v) is 5.36. The zero-order chi connectivity index (χ0) is 14.5. The average Bonchev–Trinajstić information content (AvgIpc) is 2.85. The van der Waals surface area contributed by atoms with E-state index in [9.17, 15) is 9.59 Å². The highest BCUT2D eigenvalue weighted by Crippen LogP contribution is 2.16. The third kappa shape index (κ3) is 3.68. The minimum Gasteiger partial charge on any atom is -0.379 e. The number of likely N-dealkylation sites (N-methyl/N-ethyl adjacent to an activating group) is 1. The van der Waals surface area contributed by atoms with Gasteiger partial charge in [0.2, 0.25) is 11.8 Å². The van der Waals surface area contributed by atoms with Crippen LogP contribution in [0.2, 0.25) is 0 Å². The SMILES string of the molecule is CCNC(=O)CN1CCN(C(=O)C2COCC2N)CC1. The topological polar surface area (TPSA) is 87.9 Å². The molecule has 3 N–H and O–H groups in total. The lowest BCUT2D eigenvalue weighted by molar-refractivity contribution is -0.137. The molecule has 2 fully saturated rings. The molecule has 0 aliphatic carbocycles. The van der Waals surface area contributed by atoms with Gasteiger partial charge in [-0.05, 0) is 6.92 Å². The van der Waals surface area contributed by atoms with Crippen molar-refractivity contribution < 1.29 is 14.3 Å². The summed E-state index contributed by atoms with van der Waals surface area (Å²) in [7, 11) is 0. The van der Waals surface area contributed by atoms with Crippen LogP contribution in [0.3, 0.4) is 0 Å². The maximum absolute atomic E-state index is 12.3. The molecule has 2 heterocycles. The first-order valence-corrected chi connectivity index (χ1v) is 7.23. The molecule has 0 spiro atoms. The molecule has 114 valence electrons. The summed E-state index contributed by atoms with van der Waals surface area (Å²) in [5.41, 5.74) is 5.88. The quantitative estimate of drug-likeness (QED) is 0.638. The van der Waals surface area contributed by atoms with Crippen molar-refractivity contribution in [3.63, 3.8) is 0 Å². The van der Waals surface area contributed by atoms with Crippen molar-refractivity contribution in [3.8, 4) is 0 Å². The van der Waals surface area contributed by atoms with Crippen molar-refractivity contribution in [2.24, 2.45) is 11.7 Å². The molecular formula is C13H24N4O3. The number of nitrogens with zero attached hydrogens (tertiary/aromatic N) is 2. The second kappa shape index (κ2) is 7.01. The maximum Gasteiger partial charge on any atom is 0.234 e. The number of nitrogens with two attached hydrogens (primary N) is 1. The molecule has 7 nitrogen and oxygen atoms in total. The molecule has 2 unspecified atom stereocenters. The molecule has 0 bridgehead atoms. The van der Waals surface area contributed by atoms with Crippen LogP contribution in [0.5, 0.6) is 0 Å². The fourth-order valence-electron chi connectivity index (χ4n) is 2.64. The predicted molar refractivity (Wildman–Crippen MR) is 74.0 cm³/mol. The Morgan fingerprint density at radius 1 is 1.25 bits per heavy atom. The second-order valence-electron chi connectivity index (χ2n) is 5.36. The number of carbonyl (C=O) groups excluding carboxylic acids is 2. The molecule has 7 heteroatoms. The summed E-state index contributed by atoms with van der Waals surface area (Å²) in [6.07, 6.45) is 0. The summed E-state index contributed by atoms with van der Waals surface area (Å²) in [6, 6.07) is -0.184. The Morgan fingerprint density at radius 3 is 2.50 bits per heavy atom. The van der Waals surface area contributed by atoms with E-state index in [-0.39, 0.29) is 23.8 Å². The number of amides is 2. The molecule has 2 aliphatic rings. The Kier molecular flexibility index (Phi) is 5.33. The summed E-state index contributed by atoms with van der Waals surface area (Å²) in [4.78, 5) is 27.7. The van der Waals surface area contributed by atoms with Gasteiger partial charge in [-0.1, -0.05) is 0 Å². The highest BCUT2D eigenvalue weighted by molar-refractivity contribution is 5.80. The van der Waals surface area contributed by atoms with Gasteiger partial charge in [-0.2, -0.15) is 0 Å². The van der Waals surface area contributed by atoms with Crippen LogP contribution < -0.4 is 11.1 Å². The van der Waals surface area contributed by atoms with E-state index in [1.165, 1.54) is 0 Å². The number of hydrogen-bond acceptors (Lipinski definition) is 5. The summed E-state index contributed by atoms with van der Waals surface area (Å²) in [5.74, 6) is -0.0731. The third-order valence-electron chi connectivity index (χ3n) is 3.87. The summed E-state index contributed by atoms with van der Waals surface area (Å²) in [5, 5.41) is 2.78. The van der Waals surface area contributed by atoms with Crippen molar-refractivity contribution in [2.75, 3.05) is 52.5 Å². The number of hydrogen-bond donors (Lipinski definition) is 2. The zero-order valence-electron chi connectivity index (χ0n) is 12.0. The van der Waals surface area contributed by atoms with E-state index in [2.05, 4.69) is 10.2 Å².